The van der Waals surface area contributed by atoms with Crippen LogP contribution in [0.2, 0.25) is 4.47 Å². The van der Waals surface area contributed by atoms with Crippen LogP contribution < -0.4 is 0 Å². The van der Waals surface area contributed by atoms with Gasteiger partial charge in [0, 0.05) is 19.2 Å². The molecule has 19 heavy (non-hydrogen) atoms. The Kier molecular flexibility index (Phi) is 4.84. The molecule has 1 aliphatic heterocycles. The molecule has 1 aromatic rings. The number of aliphatic hydroxyl groups is 1. The zero-order valence-corrected chi connectivity index (χ0v) is 13.1. The molecule has 1 aliphatic rings. The van der Waals surface area contributed by atoms with Crippen molar-refractivity contribution in [2.45, 2.75) is 42.9 Å². The summed E-state index contributed by atoms with van der Waals surface area (Å²) >= 11 is 6.79. The van der Waals surface area contributed by atoms with Crippen LogP contribution in [0.3, 0.4) is 0 Å². The molecule has 0 saturated carbocycles. The van der Waals surface area contributed by atoms with Crippen molar-refractivity contribution in [3.63, 3.8) is 0 Å². The van der Waals surface area contributed by atoms with Crippen molar-refractivity contribution in [3.8, 4) is 0 Å². The first-order valence-corrected chi connectivity index (χ1v) is 8.86. The summed E-state index contributed by atoms with van der Waals surface area (Å²) in [6.45, 7) is 2.15. The van der Waals surface area contributed by atoms with Crippen LogP contribution in [-0.4, -0.2) is 42.0 Å². The number of aliphatic hydroxyl groups excluding tert-OH is 1. The molecule has 5 nitrogen and oxygen atoms in total. The number of sulfonamides is 1. The van der Waals surface area contributed by atoms with Gasteiger partial charge in [-0.25, -0.2) is 13.4 Å². The number of aryl methyl sites for hydroxylation is 1. The largest absolute Gasteiger partial charge is 0.396 e. The first-order chi connectivity index (χ1) is 8.96. The molecule has 1 unspecified atom stereocenters. The van der Waals surface area contributed by atoms with Crippen LogP contribution in [0.4, 0.5) is 0 Å². The second-order valence-electron chi connectivity index (χ2n) is 4.62. The molecular formula is C11H17ClN2O3S2. The van der Waals surface area contributed by atoms with Crippen molar-refractivity contribution >= 4 is 33.0 Å². The Balaban J connectivity index is 2.34. The molecule has 1 aromatic heterocycles. The SMILES string of the molecule is Cc1nc(Cl)sc1S(=O)(=O)N1CCCCC1CCO. The van der Waals surface area contributed by atoms with Crippen LogP contribution in [0.5, 0.6) is 0 Å². The lowest BCUT2D eigenvalue weighted by Gasteiger charge is -2.34. The average molecular weight is 325 g/mol. The van der Waals surface area contributed by atoms with Crippen molar-refractivity contribution in [2.24, 2.45) is 0 Å². The fourth-order valence-electron chi connectivity index (χ4n) is 2.42. The summed E-state index contributed by atoms with van der Waals surface area (Å²) in [5, 5.41) is 9.08. The highest BCUT2D eigenvalue weighted by Gasteiger charge is 2.35. The van der Waals surface area contributed by atoms with Crippen LogP contribution in [-0.2, 0) is 10.0 Å². The van der Waals surface area contributed by atoms with E-state index in [4.69, 9.17) is 16.7 Å². The summed E-state index contributed by atoms with van der Waals surface area (Å²) in [5.41, 5.74) is 0.448. The molecule has 0 amide bonds. The first-order valence-electron chi connectivity index (χ1n) is 6.22. The standard InChI is InChI=1S/C11H17ClN2O3S2/c1-8-10(18-11(12)13-8)19(16,17)14-6-3-2-4-9(14)5-7-15/h9,15H,2-7H2,1H3. The maximum atomic E-state index is 12.7. The minimum absolute atomic E-state index is 0.000878. The Hall–Kier alpha value is -0.210. The quantitative estimate of drug-likeness (QED) is 0.920. The fourth-order valence-corrected chi connectivity index (χ4v) is 6.00. The molecule has 0 bridgehead atoms. The molecule has 0 radical (unpaired) electrons. The van der Waals surface area contributed by atoms with Gasteiger partial charge in [0.05, 0.1) is 5.69 Å². The summed E-state index contributed by atoms with van der Waals surface area (Å²) in [5.74, 6) is 0. The lowest BCUT2D eigenvalue weighted by Crippen LogP contribution is -2.44. The van der Waals surface area contributed by atoms with E-state index >= 15 is 0 Å². The monoisotopic (exact) mass is 324 g/mol. The Morgan fingerprint density at radius 3 is 2.84 bits per heavy atom. The van der Waals surface area contributed by atoms with E-state index in [2.05, 4.69) is 4.98 Å². The topological polar surface area (TPSA) is 70.5 Å². The molecule has 108 valence electrons. The minimum atomic E-state index is -3.55. The summed E-state index contributed by atoms with van der Waals surface area (Å²) in [7, 11) is -3.55. The highest BCUT2D eigenvalue weighted by Crippen LogP contribution is 2.33. The van der Waals surface area contributed by atoms with Gasteiger partial charge in [-0.2, -0.15) is 4.31 Å². The van der Waals surface area contributed by atoms with Gasteiger partial charge in [-0.05, 0) is 26.2 Å². The van der Waals surface area contributed by atoms with E-state index in [-0.39, 0.29) is 21.3 Å². The van der Waals surface area contributed by atoms with Crippen LogP contribution in [0.25, 0.3) is 0 Å². The lowest BCUT2D eigenvalue weighted by atomic mass is 10.0. The molecular weight excluding hydrogens is 308 g/mol. The van der Waals surface area contributed by atoms with Gasteiger partial charge in [0.25, 0.3) is 10.0 Å². The van der Waals surface area contributed by atoms with Gasteiger partial charge < -0.3 is 5.11 Å². The van der Waals surface area contributed by atoms with E-state index in [1.54, 1.807) is 6.92 Å². The number of hydrogen-bond donors (Lipinski definition) is 1. The molecule has 1 atom stereocenters. The predicted molar refractivity (Wildman–Crippen MR) is 75.1 cm³/mol. The van der Waals surface area contributed by atoms with E-state index < -0.39 is 10.0 Å². The van der Waals surface area contributed by atoms with Crippen LogP contribution in [0.15, 0.2) is 4.21 Å². The lowest BCUT2D eigenvalue weighted by molar-refractivity contribution is 0.192. The number of rotatable bonds is 4. The predicted octanol–water partition coefficient (Wildman–Crippen LogP) is 2.03. The molecule has 2 rings (SSSR count). The van der Waals surface area contributed by atoms with E-state index in [1.165, 1.54) is 4.31 Å². The zero-order chi connectivity index (χ0) is 14.0. The zero-order valence-electron chi connectivity index (χ0n) is 10.7. The molecule has 1 N–H and O–H groups in total. The van der Waals surface area contributed by atoms with Crippen molar-refractivity contribution < 1.29 is 13.5 Å². The van der Waals surface area contributed by atoms with Crippen LogP contribution >= 0.6 is 22.9 Å². The summed E-state index contributed by atoms with van der Waals surface area (Å²) in [4.78, 5) is 3.97. The number of hydrogen-bond acceptors (Lipinski definition) is 5. The molecule has 2 heterocycles. The van der Waals surface area contributed by atoms with E-state index in [1.807, 2.05) is 0 Å². The van der Waals surface area contributed by atoms with Gasteiger partial charge in [0.1, 0.15) is 0 Å². The third-order valence-electron chi connectivity index (χ3n) is 3.31. The number of thiazole rings is 1. The number of halogens is 1. The van der Waals surface area contributed by atoms with Crippen molar-refractivity contribution in [1.29, 1.82) is 0 Å². The summed E-state index contributed by atoms with van der Waals surface area (Å²) < 4.78 is 27.3. The molecule has 0 spiro atoms. The number of nitrogens with zero attached hydrogens (tertiary/aromatic N) is 2. The van der Waals surface area contributed by atoms with Crippen molar-refractivity contribution in [3.05, 3.63) is 10.2 Å². The maximum Gasteiger partial charge on any atom is 0.254 e. The van der Waals surface area contributed by atoms with Gasteiger partial charge in [0.15, 0.2) is 8.68 Å². The molecule has 0 aromatic carbocycles. The van der Waals surface area contributed by atoms with Crippen LogP contribution in [0, 0.1) is 6.92 Å². The summed E-state index contributed by atoms with van der Waals surface area (Å²) in [6, 6.07) is -0.121. The van der Waals surface area contributed by atoms with Gasteiger partial charge in [-0.1, -0.05) is 29.4 Å². The molecule has 1 fully saturated rings. The van der Waals surface area contributed by atoms with E-state index in [0.29, 0.717) is 18.7 Å². The fraction of sp³-hybridized carbons (Fsp3) is 0.727. The van der Waals surface area contributed by atoms with Gasteiger partial charge in [-0.15, -0.1) is 0 Å². The van der Waals surface area contributed by atoms with Gasteiger partial charge in [0.2, 0.25) is 0 Å². The molecule has 1 saturated heterocycles. The maximum absolute atomic E-state index is 12.7. The van der Waals surface area contributed by atoms with Crippen molar-refractivity contribution in [2.75, 3.05) is 13.2 Å². The molecule has 0 aliphatic carbocycles. The summed E-state index contributed by atoms with van der Waals surface area (Å²) in [6.07, 6.45) is 3.13. The Labute approximate surface area is 122 Å². The van der Waals surface area contributed by atoms with E-state index in [9.17, 15) is 8.42 Å². The Morgan fingerprint density at radius 1 is 1.53 bits per heavy atom. The van der Waals surface area contributed by atoms with Crippen LogP contribution in [0.1, 0.15) is 31.4 Å². The third kappa shape index (κ3) is 3.11. The number of aromatic nitrogens is 1. The Morgan fingerprint density at radius 2 is 2.26 bits per heavy atom. The van der Waals surface area contributed by atoms with Crippen molar-refractivity contribution in [1.82, 2.24) is 9.29 Å². The molecule has 8 heteroatoms. The average Bonchev–Trinajstić information content (AvgIpc) is 2.70. The van der Waals surface area contributed by atoms with Gasteiger partial charge >= 0.3 is 0 Å². The highest BCUT2D eigenvalue weighted by molar-refractivity contribution is 7.91. The first kappa shape index (κ1) is 15.2. The third-order valence-corrected chi connectivity index (χ3v) is 7.11. The van der Waals surface area contributed by atoms with E-state index in [0.717, 1.165) is 30.6 Å². The van der Waals surface area contributed by atoms with Gasteiger partial charge in [-0.3, -0.25) is 0 Å². The Bertz CT molecular complexity index is 542. The second-order valence-corrected chi connectivity index (χ2v) is 8.28. The second kappa shape index (κ2) is 6.05. The normalized spacial score (nSPS) is 21.7. The highest BCUT2D eigenvalue weighted by atomic mass is 35.5. The number of piperidine rings is 1. The minimum Gasteiger partial charge on any atom is -0.396 e. The smallest absolute Gasteiger partial charge is 0.254 e.